The zero-order chi connectivity index (χ0) is 17.4. The van der Waals surface area contributed by atoms with Crippen molar-refractivity contribution in [3.63, 3.8) is 0 Å². The number of unbranched alkanes of at least 4 members (excludes halogenated alkanes) is 7. The van der Waals surface area contributed by atoms with Crippen molar-refractivity contribution >= 4 is 5.97 Å². The van der Waals surface area contributed by atoms with Gasteiger partial charge in [-0.3, -0.25) is 4.79 Å². The molecule has 134 valence electrons. The van der Waals surface area contributed by atoms with Crippen LogP contribution in [0.3, 0.4) is 0 Å². The summed E-state index contributed by atoms with van der Waals surface area (Å²) in [5.41, 5.74) is 0. The Morgan fingerprint density at radius 2 is 1.17 bits per heavy atom. The second-order valence-corrected chi connectivity index (χ2v) is 5.89. The van der Waals surface area contributed by atoms with Crippen molar-refractivity contribution in [3.8, 4) is 0 Å². The Morgan fingerprint density at radius 3 is 1.74 bits per heavy atom. The molecule has 5 heteroatoms. The summed E-state index contributed by atoms with van der Waals surface area (Å²) in [6.45, 7) is 0. The molecule has 0 amide bonds. The van der Waals surface area contributed by atoms with Crippen LogP contribution in [0.5, 0.6) is 0 Å². The third-order valence-electron chi connectivity index (χ3n) is 3.48. The van der Waals surface area contributed by atoms with E-state index in [1.54, 1.807) is 0 Å². The van der Waals surface area contributed by atoms with Crippen LogP contribution >= 0.6 is 0 Å². The minimum Gasteiger partial charge on any atom is -0.481 e. The predicted molar refractivity (Wildman–Crippen MR) is 90.7 cm³/mol. The number of carboxylic acids is 1. The lowest BCUT2D eigenvalue weighted by Gasteiger charge is -2.11. The molecule has 0 radical (unpaired) electrons. The number of aliphatic hydroxyl groups is 3. The van der Waals surface area contributed by atoms with E-state index in [-0.39, 0.29) is 12.8 Å². The van der Waals surface area contributed by atoms with E-state index >= 15 is 0 Å². The van der Waals surface area contributed by atoms with Crippen molar-refractivity contribution in [1.29, 1.82) is 0 Å². The quantitative estimate of drug-likeness (QED) is 0.209. The van der Waals surface area contributed by atoms with Crippen LogP contribution in [0, 0.1) is 0 Å². The molecule has 4 N–H and O–H groups in total. The summed E-state index contributed by atoms with van der Waals surface area (Å²) in [5, 5.41) is 34.6. The largest absolute Gasteiger partial charge is 0.481 e. The molecule has 0 aromatic heterocycles. The van der Waals surface area contributed by atoms with Gasteiger partial charge in [-0.25, -0.2) is 0 Å². The average molecular weight is 328 g/mol. The van der Waals surface area contributed by atoms with E-state index in [0.29, 0.717) is 6.42 Å². The first-order chi connectivity index (χ1) is 10.9. The second-order valence-electron chi connectivity index (χ2n) is 5.89. The summed E-state index contributed by atoms with van der Waals surface area (Å²) < 4.78 is 0. The Labute approximate surface area is 139 Å². The topological polar surface area (TPSA) is 98.0 Å². The normalized spacial score (nSPS) is 12.5. The summed E-state index contributed by atoms with van der Waals surface area (Å²) in [6.07, 6.45) is 18.3. The van der Waals surface area contributed by atoms with Crippen molar-refractivity contribution < 1.29 is 25.2 Å². The van der Waals surface area contributed by atoms with Crippen molar-refractivity contribution in [1.82, 2.24) is 0 Å². The number of carbonyl (C=O) groups is 1. The Balaban J connectivity index is 3.26. The Bertz CT molecular complexity index is 342. The number of allylic oxidation sites excluding steroid dienone is 4. The molecule has 0 aliphatic carbocycles. The number of hydrogen-bond acceptors (Lipinski definition) is 4. The van der Waals surface area contributed by atoms with E-state index in [1.807, 2.05) is 12.2 Å². The van der Waals surface area contributed by atoms with Crippen LogP contribution in [0.15, 0.2) is 24.3 Å². The number of aliphatic carboxylic acids is 1. The van der Waals surface area contributed by atoms with Gasteiger partial charge in [-0.05, 0) is 44.9 Å². The fraction of sp³-hybridized carbons (Fsp3) is 0.722. The van der Waals surface area contributed by atoms with Crippen molar-refractivity contribution in [2.45, 2.75) is 83.0 Å². The first-order valence-electron chi connectivity index (χ1n) is 8.61. The van der Waals surface area contributed by atoms with E-state index in [1.165, 1.54) is 0 Å². The molecule has 0 atom stereocenters. The highest BCUT2D eigenvalue weighted by Crippen LogP contribution is 2.09. The van der Waals surface area contributed by atoms with Gasteiger partial charge in [0.25, 0.3) is 5.97 Å². The summed E-state index contributed by atoms with van der Waals surface area (Å²) in [7, 11) is 0. The van der Waals surface area contributed by atoms with E-state index < -0.39 is 11.9 Å². The van der Waals surface area contributed by atoms with Gasteiger partial charge in [-0.2, -0.15) is 0 Å². The van der Waals surface area contributed by atoms with Crippen LogP contribution in [0.25, 0.3) is 0 Å². The summed E-state index contributed by atoms with van der Waals surface area (Å²) in [6, 6.07) is 0. The van der Waals surface area contributed by atoms with E-state index in [9.17, 15) is 4.79 Å². The maximum absolute atomic E-state index is 10.3. The monoisotopic (exact) mass is 328 g/mol. The van der Waals surface area contributed by atoms with Gasteiger partial charge in [0.05, 0.1) is 0 Å². The highest BCUT2D eigenvalue weighted by atomic mass is 16.7. The van der Waals surface area contributed by atoms with Gasteiger partial charge in [-0.1, -0.05) is 43.6 Å². The van der Waals surface area contributed by atoms with Crippen LogP contribution in [0.2, 0.25) is 0 Å². The van der Waals surface area contributed by atoms with E-state index in [2.05, 4.69) is 12.2 Å². The fourth-order valence-electron chi connectivity index (χ4n) is 2.17. The minimum absolute atomic E-state index is 0.0697. The van der Waals surface area contributed by atoms with Gasteiger partial charge >= 0.3 is 5.97 Å². The molecule has 0 saturated carbocycles. The predicted octanol–water partition coefficient (Wildman–Crippen LogP) is 3.50. The molecule has 0 aliphatic heterocycles. The number of hydrogen-bond donors (Lipinski definition) is 4. The standard InChI is InChI=1S/C18H32O5/c19-17(20)15-13-11-9-7-5-3-1-2-4-6-8-10-12-14-16-18(21,22)23/h1-2,10,12,21-23H,3-9,11,13-16H2,(H,19,20). The van der Waals surface area contributed by atoms with Crippen LogP contribution < -0.4 is 0 Å². The lowest BCUT2D eigenvalue weighted by atomic mass is 10.1. The third-order valence-corrected chi connectivity index (χ3v) is 3.48. The average Bonchev–Trinajstić information content (AvgIpc) is 2.45. The maximum Gasteiger partial charge on any atom is 0.303 e. The lowest BCUT2D eigenvalue weighted by molar-refractivity contribution is -0.313. The van der Waals surface area contributed by atoms with Crippen LogP contribution in [0.4, 0.5) is 0 Å². The van der Waals surface area contributed by atoms with Crippen molar-refractivity contribution in [2.24, 2.45) is 0 Å². The van der Waals surface area contributed by atoms with Gasteiger partial charge in [0, 0.05) is 12.8 Å². The molecule has 0 aromatic carbocycles. The second kappa shape index (κ2) is 14.4. The van der Waals surface area contributed by atoms with Crippen molar-refractivity contribution in [2.75, 3.05) is 0 Å². The molecule has 0 fully saturated rings. The van der Waals surface area contributed by atoms with E-state index in [0.717, 1.165) is 57.8 Å². The van der Waals surface area contributed by atoms with Crippen LogP contribution in [-0.4, -0.2) is 32.4 Å². The first kappa shape index (κ1) is 21.8. The highest BCUT2D eigenvalue weighted by Gasteiger charge is 2.15. The van der Waals surface area contributed by atoms with Crippen molar-refractivity contribution in [3.05, 3.63) is 24.3 Å². The SMILES string of the molecule is O=C(O)CCCCCCCC=CCCCC=CCCC(O)(O)O. The zero-order valence-corrected chi connectivity index (χ0v) is 14.0. The number of rotatable bonds is 15. The van der Waals surface area contributed by atoms with Gasteiger partial charge in [0.15, 0.2) is 0 Å². The third kappa shape index (κ3) is 20.8. The Kier molecular flexibility index (Phi) is 13.7. The molecule has 0 heterocycles. The molecule has 0 saturated heterocycles. The number of carboxylic acid groups (broad SMARTS) is 1. The molecule has 0 rings (SSSR count). The molecule has 0 aromatic rings. The summed E-state index contributed by atoms with van der Waals surface area (Å²) in [4.78, 5) is 10.3. The summed E-state index contributed by atoms with van der Waals surface area (Å²) in [5.74, 6) is -3.25. The molecule has 0 bridgehead atoms. The minimum atomic E-state index is -2.55. The first-order valence-corrected chi connectivity index (χ1v) is 8.61. The lowest BCUT2D eigenvalue weighted by Crippen LogP contribution is -2.26. The van der Waals surface area contributed by atoms with Gasteiger partial charge in [0.1, 0.15) is 0 Å². The van der Waals surface area contributed by atoms with Crippen LogP contribution in [-0.2, 0) is 4.79 Å². The zero-order valence-electron chi connectivity index (χ0n) is 14.0. The molecular weight excluding hydrogens is 296 g/mol. The van der Waals surface area contributed by atoms with E-state index in [4.69, 9.17) is 20.4 Å². The highest BCUT2D eigenvalue weighted by molar-refractivity contribution is 5.66. The van der Waals surface area contributed by atoms with Gasteiger partial charge < -0.3 is 20.4 Å². The van der Waals surface area contributed by atoms with Gasteiger partial charge in [0.2, 0.25) is 0 Å². The molecule has 5 nitrogen and oxygen atoms in total. The smallest absolute Gasteiger partial charge is 0.303 e. The Hall–Kier alpha value is -1.17. The van der Waals surface area contributed by atoms with Gasteiger partial charge in [-0.15, -0.1) is 0 Å². The van der Waals surface area contributed by atoms with Crippen LogP contribution in [0.1, 0.15) is 77.0 Å². The molecular formula is C18H32O5. The fourth-order valence-corrected chi connectivity index (χ4v) is 2.17. The Morgan fingerprint density at radius 1 is 0.696 bits per heavy atom. The molecule has 0 aliphatic rings. The molecule has 0 spiro atoms. The molecule has 23 heavy (non-hydrogen) atoms. The maximum atomic E-state index is 10.3. The summed E-state index contributed by atoms with van der Waals surface area (Å²) >= 11 is 0. The molecule has 0 unspecified atom stereocenters.